The summed E-state index contributed by atoms with van der Waals surface area (Å²) in [6, 6.07) is 11.2. The molecule has 0 radical (unpaired) electrons. The van der Waals surface area contributed by atoms with Crippen LogP contribution in [-0.4, -0.2) is 25.6 Å². The zero-order valence-electron chi connectivity index (χ0n) is 11.9. The highest BCUT2D eigenvalue weighted by Gasteiger charge is 2.38. The fraction of sp³-hybridized carbons (Fsp3) is 0.533. The van der Waals surface area contributed by atoms with E-state index in [4.69, 9.17) is 0 Å². The van der Waals surface area contributed by atoms with Gasteiger partial charge in [-0.25, -0.2) is 0 Å². The molecule has 0 aliphatic heterocycles. The van der Waals surface area contributed by atoms with Gasteiger partial charge in [-0.1, -0.05) is 44.2 Å². The largest absolute Gasteiger partial charge is 0.356 e. The minimum atomic E-state index is 0. The van der Waals surface area contributed by atoms with Crippen LogP contribution in [0.3, 0.4) is 0 Å². The number of aliphatic imine (C=N–C) groups is 1. The summed E-state index contributed by atoms with van der Waals surface area (Å²) in [4.78, 5) is 4.26. The van der Waals surface area contributed by atoms with E-state index in [9.17, 15) is 0 Å². The molecule has 0 aromatic heterocycles. The molecule has 2 unspecified atom stereocenters. The van der Waals surface area contributed by atoms with Crippen molar-refractivity contribution in [2.75, 3.05) is 13.6 Å². The van der Waals surface area contributed by atoms with Crippen molar-refractivity contribution < 1.29 is 0 Å². The lowest BCUT2D eigenvalue weighted by atomic mass is 10.1. The topological polar surface area (TPSA) is 36.4 Å². The summed E-state index contributed by atoms with van der Waals surface area (Å²) < 4.78 is 0. The van der Waals surface area contributed by atoms with Crippen LogP contribution in [0.4, 0.5) is 0 Å². The molecule has 2 atom stereocenters. The fourth-order valence-electron chi connectivity index (χ4n) is 2.09. The van der Waals surface area contributed by atoms with Gasteiger partial charge in [0.05, 0.1) is 0 Å². The molecule has 1 fully saturated rings. The Morgan fingerprint density at radius 1 is 1.32 bits per heavy atom. The first-order valence-corrected chi connectivity index (χ1v) is 6.73. The van der Waals surface area contributed by atoms with E-state index in [1.165, 1.54) is 12.0 Å². The molecule has 19 heavy (non-hydrogen) atoms. The molecule has 1 aliphatic rings. The highest BCUT2D eigenvalue weighted by atomic mass is 127. The zero-order chi connectivity index (χ0) is 13.0. The number of hydrogen-bond donors (Lipinski definition) is 2. The highest BCUT2D eigenvalue weighted by molar-refractivity contribution is 14.0. The van der Waals surface area contributed by atoms with Gasteiger partial charge < -0.3 is 10.6 Å². The van der Waals surface area contributed by atoms with Crippen molar-refractivity contribution in [1.29, 1.82) is 0 Å². The van der Waals surface area contributed by atoms with Crippen LogP contribution >= 0.6 is 24.0 Å². The van der Waals surface area contributed by atoms with Crippen LogP contribution in [0.25, 0.3) is 0 Å². The Morgan fingerprint density at radius 3 is 2.58 bits per heavy atom. The molecule has 1 saturated carbocycles. The normalized spacial score (nSPS) is 21.8. The van der Waals surface area contributed by atoms with Crippen molar-refractivity contribution in [2.45, 2.75) is 32.2 Å². The summed E-state index contributed by atoms with van der Waals surface area (Å²) in [5.41, 5.74) is 1.43. The number of halogens is 1. The van der Waals surface area contributed by atoms with E-state index in [0.717, 1.165) is 12.5 Å². The minimum absolute atomic E-state index is 0. The van der Waals surface area contributed by atoms with Gasteiger partial charge >= 0.3 is 0 Å². The molecule has 3 nitrogen and oxygen atoms in total. The molecule has 0 amide bonds. The second-order valence-electron chi connectivity index (χ2n) is 5.35. The Balaban J connectivity index is 0.00000180. The summed E-state index contributed by atoms with van der Waals surface area (Å²) in [6.45, 7) is 5.36. The van der Waals surface area contributed by atoms with E-state index >= 15 is 0 Å². The second-order valence-corrected chi connectivity index (χ2v) is 5.35. The molecule has 0 spiro atoms. The lowest BCUT2D eigenvalue weighted by molar-refractivity contribution is 0.613. The average Bonchev–Trinajstić information content (AvgIpc) is 3.14. The maximum Gasteiger partial charge on any atom is 0.191 e. The third-order valence-corrected chi connectivity index (χ3v) is 3.24. The van der Waals surface area contributed by atoms with Crippen molar-refractivity contribution >= 4 is 29.9 Å². The van der Waals surface area contributed by atoms with Crippen LogP contribution in [0.2, 0.25) is 0 Å². The third-order valence-electron chi connectivity index (χ3n) is 3.24. The smallest absolute Gasteiger partial charge is 0.191 e. The monoisotopic (exact) mass is 373 g/mol. The molecule has 0 bridgehead atoms. The molecule has 4 heteroatoms. The maximum absolute atomic E-state index is 4.26. The third kappa shape index (κ3) is 5.01. The van der Waals surface area contributed by atoms with Gasteiger partial charge in [-0.3, -0.25) is 4.99 Å². The Morgan fingerprint density at radius 2 is 2.00 bits per heavy atom. The number of rotatable bonds is 4. The zero-order valence-corrected chi connectivity index (χ0v) is 14.2. The van der Waals surface area contributed by atoms with Crippen molar-refractivity contribution in [3.63, 3.8) is 0 Å². The lowest BCUT2D eigenvalue weighted by Crippen LogP contribution is -2.40. The predicted molar refractivity (Wildman–Crippen MR) is 92.3 cm³/mol. The van der Waals surface area contributed by atoms with Gasteiger partial charge in [0.25, 0.3) is 0 Å². The summed E-state index contributed by atoms with van der Waals surface area (Å²) in [5.74, 6) is 2.20. The number of nitrogens with zero attached hydrogens (tertiary/aromatic N) is 1. The number of guanidine groups is 1. The molecular weight excluding hydrogens is 349 g/mol. The number of benzene rings is 1. The second kappa shape index (κ2) is 7.72. The quantitative estimate of drug-likeness (QED) is 0.484. The molecule has 0 heterocycles. The van der Waals surface area contributed by atoms with E-state index in [1.54, 1.807) is 0 Å². The van der Waals surface area contributed by atoms with E-state index in [-0.39, 0.29) is 24.0 Å². The van der Waals surface area contributed by atoms with Gasteiger partial charge in [-0.15, -0.1) is 24.0 Å². The van der Waals surface area contributed by atoms with Gasteiger partial charge in [0.15, 0.2) is 5.96 Å². The van der Waals surface area contributed by atoms with Gasteiger partial charge in [0, 0.05) is 25.6 Å². The highest BCUT2D eigenvalue weighted by Crippen LogP contribution is 2.40. The Kier molecular flexibility index (Phi) is 6.62. The summed E-state index contributed by atoms with van der Waals surface area (Å²) >= 11 is 0. The van der Waals surface area contributed by atoms with Gasteiger partial charge in [0.2, 0.25) is 0 Å². The minimum Gasteiger partial charge on any atom is -0.356 e. The van der Waals surface area contributed by atoms with Crippen LogP contribution in [0.1, 0.15) is 31.7 Å². The fourth-order valence-corrected chi connectivity index (χ4v) is 2.09. The molecule has 0 saturated heterocycles. The first-order chi connectivity index (χ1) is 8.70. The molecule has 2 rings (SSSR count). The van der Waals surface area contributed by atoms with Crippen LogP contribution in [0, 0.1) is 5.92 Å². The Bertz CT molecular complexity index is 403. The Labute approximate surface area is 133 Å². The van der Waals surface area contributed by atoms with Crippen LogP contribution in [0.15, 0.2) is 35.3 Å². The summed E-state index contributed by atoms with van der Waals surface area (Å²) in [7, 11) is 1.83. The van der Waals surface area contributed by atoms with Crippen molar-refractivity contribution in [2.24, 2.45) is 10.9 Å². The van der Waals surface area contributed by atoms with Crippen LogP contribution in [-0.2, 0) is 0 Å². The molecule has 106 valence electrons. The molecule has 1 aromatic carbocycles. The maximum atomic E-state index is 4.26. The Hall–Kier alpha value is -0.780. The van der Waals surface area contributed by atoms with Crippen molar-refractivity contribution in [3.05, 3.63) is 35.9 Å². The molecule has 1 aliphatic carbocycles. The first kappa shape index (κ1) is 16.3. The first-order valence-electron chi connectivity index (χ1n) is 6.73. The SMILES string of the molecule is CN=C(NCC(C)C)NC1CC1c1ccccc1.I. The molecule has 1 aromatic rings. The number of hydrogen-bond acceptors (Lipinski definition) is 1. The number of nitrogens with one attached hydrogen (secondary N) is 2. The van der Waals surface area contributed by atoms with Crippen LogP contribution < -0.4 is 10.6 Å². The summed E-state index contributed by atoms with van der Waals surface area (Å²) in [6.07, 6.45) is 1.20. The van der Waals surface area contributed by atoms with E-state index < -0.39 is 0 Å². The van der Waals surface area contributed by atoms with Gasteiger partial charge in [-0.05, 0) is 17.9 Å². The summed E-state index contributed by atoms with van der Waals surface area (Å²) in [5, 5.41) is 6.83. The van der Waals surface area contributed by atoms with Gasteiger partial charge in [-0.2, -0.15) is 0 Å². The van der Waals surface area contributed by atoms with Crippen molar-refractivity contribution in [1.82, 2.24) is 10.6 Å². The lowest BCUT2D eigenvalue weighted by Gasteiger charge is -2.13. The standard InChI is InChI=1S/C15H23N3.HI/c1-11(2)10-17-15(16-3)18-14-9-13(14)12-7-5-4-6-8-12;/h4-8,11,13-14H,9-10H2,1-3H3,(H2,16,17,18);1H. The predicted octanol–water partition coefficient (Wildman–Crippen LogP) is 2.98. The molecular formula is C15H24IN3. The van der Waals surface area contributed by atoms with Crippen LogP contribution in [0.5, 0.6) is 0 Å². The van der Waals surface area contributed by atoms with E-state index in [1.807, 2.05) is 7.05 Å². The average molecular weight is 373 g/mol. The molecule has 2 N–H and O–H groups in total. The van der Waals surface area contributed by atoms with E-state index in [0.29, 0.717) is 17.9 Å². The van der Waals surface area contributed by atoms with Crippen molar-refractivity contribution in [3.8, 4) is 0 Å². The van der Waals surface area contributed by atoms with E-state index in [2.05, 4.69) is 59.8 Å². The van der Waals surface area contributed by atoms with Gasteiger partial charge in [0.1, 0.15) is 0 Å².